The average molecular weight is 371 g/mol. The zero-order valence-corrected chi connectivity index (χ0v) is 15.4. The summed E-state index contributed by atoms with van der Waals surface area (Å²) in [6, 6.07) is 4.45. The smallest absolute Gasteiger partial charge is 0.331 e. The van der Waals surface area contributed by atoms with Gasteiger partial charge in [0, 0.05) is 19.2 Å². The van der Waals surface area contributed by atoms with Gasteiger partial charge >= 0.3 is 5.97 Å². The van der Waals surface area contributed by atoms with Crippen molar-refractivity contribution in [1.82, 2.24) is 5.32 Å². The predicted molar refractivity (Wildman–Crippen MR) is 94.9 cm³/mol. The molecule has 138 valence electrons. The predicted octanol–water partition coefficient (Wildman–Crippen LogP) is 2.54. The molecule has 0 heterocycles. The number of halogens is 1. The molecule has 0 aliphatic carbocycles. The fourth-order valence-electron chi connectivity index (χ4n) is 2.12. The highest BCUT2D eigenvalue weighted by atomic mass is 35.5. The zero-order valence-electron chi connectivity index (χ0n) is 14.7. The number of carboxylic acids is 1. The molecule has 0 spiro atoms. The first-order valence-electron chi connectivity index (χ1n) is 7.73. The molecule has 0 saturated carbocycles. The molecule has 1 atom stereocenters. The van der Waals surface area contributed by atoms with Crippen molar-refractivity contribution in [1.29, 1.82) is 0 Å². The molecule has 7 nitrogen and oxygen atoms in total. The van der Waals surface area contributed by atoms with Crippen LogP contribution in [0.25, 0.3) is 0 Å². The Hall–Kier alpha value is -2.12. The summed E-state index contributed by atoms with van der Waals surface area (Å²) >= 11 is 6.05. The zero-order chi connectivity index (χ0) is 19.2. The van der Waals surface area contributed by atoms with E-state index in [1.807, 2.05) is 13.8 Å². The van der Waals surface area contributed by atoms with Crippen molar-refractivity contribution in [2.45, 2.75) is 32.7 Å². The van der Waals surface area contributed by atoms with Gasteiger partial charge in [0.2, 0.25) is 5.91 Å². The highest BCUT2D eigenvalue weighted by Gasteiger charge is 2.35. The summed E-state index contributed by atoms with van der Waals surface area (Å²) in [5.41, 5.74) is -1.14. The third kappa shape index (κ3) is 6.03. The highest BCUT2D eigenvalue weighted by Crippen LogP contribution is 2.22. The van der Waals surface area contributed by atoms with E-state index in [1.54, 1.807) is 6.07 Å². The second-order valence-electron chi connectivity index (χ2n) is 6.37. The Balaban J connectivity index is 3.00. The van der Waals surface area contributed by atoms with Crippen LogP contribution in [0.5, 0.6) is 0 Å². The van der Waals surface area contributed by atoms with E-state index in [0.717, 1.165) is 0 Å². The molecule has 1 aromatic carbocycles. The van der Waals surface area contributed by atoms with Crippen LogP contribution in [-0.2, 0) is 14.3 Å². The van der Waals surface area contributed by atoms with E-state index in [-0.39, 0.29) is 29.0 Å². The number of carbonyl (C=O) groups is 3. The Bertz CT molecular complexity index is 662. The van der Waals surface area contributed by atoms with Crippen LogP contribution < -0.4 is 10.6 Å². The summed E-state index contributed by atoms with van der Waals surface area (Å²) in [6.07, 6.45) is 0.342. The molecule has 0 fully saturated rings. The fourth-order valence-corrected chi connectivity index (χ4v) is 2.32. The van der Waals surface area contributed by atoms with Gasteiger partial charge in [-0.3, -0.25) is 9.59 Å². The highest BCUT2D eigenvalue weighted by molar-refractivity contribution is 6.34. The van der Waals surface area contributed by atoms with E-state index in [0.29, 0.717) is 12.1 Å². The van der Waals surface area contributed by atoms with E-state index >= 15 is 0 Å². The number of rotatable bonds is 8. The van der Waals surface area contributed by atoms with Crippen LogP contribution in [0.2, 0.25) is 5.02 Å². The van der Waals surface area contributed by atoms with Gasteiger partial charge in [-0.1, -0.05) is 25.4 Å². The number of amides is 2. The van der Waals surface area contributed by atoms with Crippen LogP contribution in [0.4, 0.5) is 5.69 Å². The Morgan fingerprint density at radius 1 is 1.32 bits per heavy atom. The lowest BCUT2D eigenvalue weighted by Gasteiger charge is -2.25. The maximum atomic E-state index is 12.4. The second-order valence-corrected chi connectivity index (χ2v) is 6.77. The van der Waals surface area contributed by atoms with Gasteiger partial charge in [-0.25, -0.2) is 4.79 Å². The lowest BCUT2D eigenvalue weighted by Crippen LogP contribution is -2.55. The molecule has 0 radical (unpaired) electrons. The first-order valence-corrected chi connectivity index (χ1v) is 8.11. The Kier molecular flexibility index (Phi) is 7.38. The van der Waals surface area contributed by atoms with Gasteiger partial charge in [0.25, 0.3) is 5.91 Å². The lowest BCUT2D eigenvalue weighted by atomic mass is 10.0. The number of ether oxygens (including phenoxy) is 1. The number of carbonyl (C=O) groups excluding carboxylic acids is 2. The molecule has 0 bridgehead atoms. The molecule has 3 N–H and O–H groups in total. The molecule has 1 aromatic rings. The average Bonchev–Trinajstić information content (AvgIpc) is 2.48. The fraction of sp³-hybridized carbons (Fsp3) is 0.471. The summed E-state index contributed by atoms with van der Waals surface area (Å²) in [5.74, 6) is -1.90. The summed E-state index contributed by atoms with van der Waals surface area (Å²) in [6.45, 7) is 4.96. The maximum Gasteiger partial charge on any atom is 0.331 e. The first kappa shape index (κ1) is 20.9. The number of hydrogen-bond acceptors (Lipinski definition) is 4. The summed E-state index contributed by atoms with van der Waals surface area (Å²) in [4.78, 5) is 35.7. The van der Waals surface area contributed by atoms with E-state index in [9.17, 15) is 19.5 Å². The topological polar surface area (TPSA) is 105 Å². The molecule has 0 aromatic heterocycles. The minimum atomic E-state index is -1.61. The van der Waals surface area contributed by atoms with Crippen molar-refractivity contribution >= 4 is 35.1 Å². The molecule has 0 aliphatic heterocycles. The lowest BCUT2D eigenvalue weighted by molar-refractivity contribution is -0.145. The van der Waals surface area contributed by atoms with Crippen molar-refractivity contribution in [3.05, 3.63) is 28.8 Å². The number of methoxy groups -OCH3 is 1. The van der Waals surface area contributed by atoms with Gasteiger partial charge < -0.3 is 20.5 Å². The van der Waals surface area contributed by atoms with Crippen LogP contribution in [0.1, 0.15) is 37.6 Å². The van der Waals surface area contributed by atoms with Crippen LogP contribution >= 0.6 is 11.6 Å². The second kappa shape index (κ2) is 8.82. The van der Waals surface area contributed by atoms with Crippen LogP contribution in [0, 0.1) is 5.92 Å². The van der Waals surface area contributed by atoms with E-state index in [1.165, 1.54) is 26.2 Å². The monoisotopic (exact) mass is 370 g/mol. The summed E-state index contributed by atoms with van der Waals surface area (Å²) in [5, 5.41) is 14.5. The Morgan fingerprint density at radius 2 is 1.96 bits per heavy atom. The van der Waals surface area contributed by atoms with Gasteiger partial charge in [-0.15, -0.1) is 0 Å². The normalized spacial score (nSPS) is 13.2. The third-order valence-corrected chi connectivity index (χ3v) is 3.71. The molecule has 8 heteroatoms. The minimum absolute atomic E-state index is 0.0626. The quantitative estimate of drug-likeness (QED) is 0.652. The summed E-state index contributed by atoms with van der Waals surface area (Å²) < 4.78 is 4.86. The van der Waals surface area contributed by atoms with Gasteiger partial charge in [0.15, 0.2) is 5.54 Å². The Labute approximate surface area is 151 Å². The number of carboxylic acid groups (broad SMARTS) is 1. The molecular formula is C17H23ClN2O5. The minimum Gasteiger partial charge on any atom is -0.479 e. The van der Waals surface area contributed by atoms with Gasteiger partial charge in [-0.2, -0.15) is 0 Å². The van der Waals surface area contributed by atoms with Crippen molar-refractivity contribution < 1.29 is 24.2 Å². The van der Waals surface area contributed by atoms with E-state index in [4.69, 9.17) is 16.3 Å². The van der Waals surface area contributed by atoms with Gasteiger partial charge in [0.1, 0.15) is 0 Å². The maximum absolute atomic E-state index is 12.4. The van der Waals surface area contributed by atoms with Crippen molar-refractivity contribution in [2.75, 3.05) is 19.0 Å². The third-order valence-electron chi connectivity index (χ3n) is 3.38. The van der Waals surface area contributed by atoms with Gasteiger partial charge in [0.05, 0.1) is 17.2 Å². The van der Waals surface area contributed by atoms with E-state index < -0.39 is 17.4 Å². The molecule has 1 rings (SSSR count). The van der Waals surface area contributed by atoms with Crippen molar-refractivity contribution in [3.8, 4) is 0 Å². The van der Waals surface area contributed by atoms with Crippen molar-refractivity contribution in [2.24, 2.45) is 5.92 Å². The molecule has 2 amide bonds. The summed E-state index contributed by atoms with van der Waals surface area (Å²) in [7, 11) is 1.34. The Morgan fingerprint density at radius 3 is 2.48 bits per heavy atom. The van der Waals surface area contributed by atoms with Crippen LogP contribution in [0.15, 0.2) is 18.2 Å². The largest absolute Gasteiger partial charge is 0.479 e. The number of hydrogen-bond donors (Lipinski definition) is 3. The van der Waals surface area contributed by atoms with E-state index in [2.05, 4.69) is 10.6 Å². The van der Waals surface area contributed by atoms with Crippen molar-refractivity contribution in [3.63, 3.8) is 0 Å². The number of aliphatic carboxylic acids is 1. The molecule has 0 saturated heterocycles. The number of nitrogens with one attached hydrogen (secondary N) is 2. The first-order chi connectivity index (χ1) is 11.6. The number of benzene rings is 1. The molecular weight excluding hydrogens is 348 g/mol. The molecule has 0 aliphatic rings. The SMILES string of the molecule is COCC(C)(NC(=O)c1cc(NC(=O)CC(C)C)ccc1Cl)C(=O)O. The molecule has 25 heavy (non-hydrogen) atoms. The van der Waals surface area contributed by atoms with Crippen LogP contribution in [0.3, 0.4) is 0 Å². The standard InChI is InChI=1S/C17H23ClN2O5/c1-10(2)7-14(21)19-11-5-6-13(18)12(8-11)15(22)20-17(3,9-25-4)16(23)24/h5-6,8,10H,7,9H2,1-4H3,(H,19,21)(H,20,22)(H,23,24). The van der Waals surface area contributed by atoms with Gasteiger partial charge in [-0.05, 0) is 31.0 Å². The molecule has 1 unspecified atom stereocenters. The number of anilines is 1. The van der Waals surface area contributed by atoms with Crippen LogP contribution in [-0.4, -0.2) is 42.1 Å².